The third kappa shape index (κ3) is 3.34. The summed E-state index contributed by atoms with van der Waals surface area (Å²) in [4.78, 5) is 7.84. The number of anilines is 1. The molecule has 2 aromatic rings. The Morgan fingerprint density at radius 3 is 2.78 bits per heavy atom. The zero-order chi connectivity index (χ0) is 16.1. The van der Waals surface area contributed by atoms with Gasteiger partial charge in [-0.3, -0.25) is 10.3 Å². The van der Waals surface area contributed by atoms with Gasteiger partial charge in [-0.15, -0.1) is 0 Å². The topological polar surface area (TPSA) is 62.9 Å². The molecule has 4 heteroatoms. The second kappa shape index (κ2) is 7.23. The highest BCUT2D eigenvalue weighted by atomic mass is 15.0. The summed E-state index contributed by atoms with van der Waals surface area (Å²) in [6, 6.07) is 8.30. The Balaban J connectivity index is 1.95. The van der Waals surface area contributed by atoms with Gasteiger partial charge < -0.3 is 0 Å². The van der Waals surface area contributed by atoms with Crippen molar-refractivity contribution in [2.75, 3.05) is 5.32 Å². The number of aromatic nitrogens is 2. The van der Waals surface area contributed by atoms with Gasteiger partial charge in [0, 0.05) is 12.6 Å². The zero-order valence-corrected chi connectivity index (χ0v) is 13.7. The first-order valence-electron chi connectivity index (χ1n) is 8.47. The molecule has 0 saturated carbocycles. The molecule has 2 heterocycles. The van der Waals surface area contributed by atoms with Crippen LogP contribution in [0.15, 0.2) is 24.4 Å². The first-order valence-corrected chi connectivity index (χ1v) is 8.47. The van der Waals surface area contributed by atoms with Crippen LogP contribution in [0.2, 0.25) is 0 Å². The smallest absolute Gasteiger partial charge is 0.268 e. The van der Waals surface area contributed by atoms with Gasteiger partial charge in [0.2, 0.25) is 0 Å². The van der Waals surface area contributed by atoms with Crippen LogP contribution in [0.3, 0.4) is 0 Å². The molecule has 2 aromatic heterocycles. The summed E-state index contributed by atoms with van der Waals surface area (Å²) in [6.45, 7) is 2.82. The van der Waals surface area contributed by atoms with Crippen molar-refractivity contribution in [2.24, 2.45) is 0 Å². The molecular formula is C19H23N4+. The Bertz CT molecular complexity index is 716. The summed E-state index contributed by atoms with van der Waals surface area (Å²) in [7, 11) is 0. The van der Waals surface area contributed by atoms with E-state index in [1.54, 1.807) is 6.20 Å². The lowest BCUT2D eigenvalue weighted by Gasteiger charge is -2.19. The minimum Gasteiger partial charge on any atom is -0.268 e. The number of nitrogens with one attached hydrogen (secondary N) is 2. The van der Waals surface area contributed by atoms with Crippen LogP contribution in [0, 0.1) is 11.3 Å². The normalized spacial score (nSPS) is 13.2. The highest BCUT2D eigenvalue weighted by Gasteiger charge is 2.25. The van der Waals surface area contributed by atoms with E-state index in [1.807, 2.05) is 18.2 Å². The molecule has 1 aliphatic rings. The van der Waals surface area contributed by atoms with Crippen LogP contribution in [0.1, 0.15) is 54.3 Å². The SMILES string of the molecule is CCCc1[nH+]c(NCc2ccccn2)c(C#N)c2c1CCCC2. The number of rotatable bonds is 5. The van der Waals surface area contributed by atoms with Crippen molar-refractivity contribution in [1.82, 2.24) is 4.98 Å². The third-order valence-electron chi connectivity index (χ3n) is 4.44. The standard InChI is InChI=1S/C19H22N4/c1-2-7-18-16-10-4-3-9-15(16)17(12-20)19(23-18)22-13-14-8-5-6-11-21-14/h5-6,8,11H,2-4,7,9-10,13H2,1H3,(H,22,23)/p+1. The number of hydrogen-bond acceptors (Lipinski definition) is 3. The molecule has 3 rings (SSSR count). The monoisotopic (exact) mass is 307 g/mol. The first-order chi connectivity index (χ1) is 11.3. The minimum atomic E-state index is 0.621. The molecule has 0 fully saturated rings. The van der Waals surface area contributed by atoms with Crippen molar-refractivity contribution >= 4 is 5.82 Å². The van der Waals surface area contributed by atoms with E-state index in [4.69, 9.17) is 0 Å². The Labute approximate surface area is 137 Å². The summed E-state index contributed by atoms with van der Waals surface area (Å²) in [5.41, 5.74) is 5.70. The molecule has 23 heavy (non-hydrogen) atoms. The van der Waals surface area contributed by atoms with Gasteiger partial charge in [-0.25, -0.2) is 4.98 Å². The van der Waals surface area contributed by atoms with Crippen LogP contribution in [-0.4, -0.2) is 4.98 Å². The lowest BCUT2D eigenvalue weighted by atomic mass is 9.87. The number of aromatic amines is 1. The summed E-state index contributed by atoms with van der Waals surface area (Å²) in [6.07, 6.45) is 8.44. The largest absolute Gasteiger partial charge is 0.291 e. The number of aryl methyl sites for hydroxylation is 1. The molecule has 0 saturated heterocycles. The van der Waals surface area contributed by atoms with E-state index in [-0.39, 0.29) is 0 Å². The van der Waals surface area contributed by atoms with Gasteiger partial charge in [-0.1, -0.05) is 13.0 Å². The minimum absolute atomic E-state index is 0.621. The van der Waals surface area contributed by atoms with Crippen LogP contribution < -0.4 is 10.3 Å². The van der Waals surface area contributed by atoms with Gasteiger partial charge in [-0.2, -0.15) is 5.26 Å². The van der Waals surface area contributed by atoms with Crippen molar-refractivity contribution in [3.8, 4) is 6.07 Å². The third-order valence-corrected chi connectivity index (χ3v) is 4.44. The Kier molecular flexibility index (Phi) is 4.87. The van der Waals surface area contributed by atoms with E-state index >= 15 is 0 Å². The van der Waals surface area contributed by atoms with E-state index in [2.05, 4.69) is 28.3 Å². The molecule has 1 aliphatic carbocycles. The van der Waals surface area contributed by atoms with Crippen LogP contribution in [0.4, 0.5) is 5.82 Å². The van der Waals surface area contributed by atoms with E-state index < -0.39 is 0 Å². The second-order valence-electron chi connectivity index (χ2n) is 6.05. The zero-order valence-electron chi connectivity index (χ0n) is 13.7. The van der Waals surface area contributed by atoms with Crippen LogP contribution in [0.5, 0.6) is 0 Å². The van der Waals surface area contributed by atoms with Gasteiger partial charge in [0.25, 0.3) is 5.82 Å². The average molecular weight is 307 g/mol. The molecule has 0 aliphatic heterocycles. The van der Waals surface area contributed by atoms with Crippen molar-refractivity contribution < 1.29 is 4.98 Å². The molecule has 0 amide bonds. The number of nitrogens with zero attached hydrogens (tertiary/aromatic N) is 2. The van der Waals surface area contributed by atoms with E-state index in [9.17, 15) is 5.26 Å². The van der Waals surface area contributed by atoms with Crippen molar-refractivity contribution in [1.29, 1.82) is 5.26 Å². The fourth-order valence-corrected chi connectivity index (χ4v) is 3.35. The van der Waals surface area contributed by atoms with Crippen molar-refractivity contribution in [2.45, 2.75) is 52.0 Å². The second-order valence-corrected chi connectivity index (χ2v) is 6.05. The Morgan fingerprint density at radius 1 is 1.26 bits per heavy atom. The molecule has 4 nitrogen and oxygen atoms in total. The predicted molar refractivity (Wildman–Crippen MR) is 89.9 cm³/mol. The summed E-state index contributed by atoms with van der Waals surface area (Å²) >= 11 is 0. The molecular weight excluding hydrogens is 284 g/mol. The maximum Gasteiger partial charge on any atom is 0.291 e. The van der Waals surface area contributed by atoms with Gasteiger partial charge in [0.05, 0.1) is 5.69 Å². The van der Waals surface area contributed by atoms with Gasteiger partial charge in [0.1, 0.15) is 23.9 Å². The molecule has 0 spiro atoms. The molecule has 0 aromatic carbocycles. The highest BCUT2D eigenvalue weighted by molar-refractivity contribution is 5.56. The summed E-state index contributed by atoms with van der Waals surface area (Å²) in [5.74, 6) is 0.849. The van der Waals surface area contributed by atoms with Gasteiger partial charge in [0.15, 0.2) is 0 Å². The van der Waals surface area contributed by atoms with E-state index in [0.717, 1.165) is 42.8 Å². The van der Waals surface area contributed by atoms with Crippen molar-refractivity contribution in [3.63, 3.8) is 0 Å². The average Bonchev–Trinajstić information content (AvgIpc) is 2.61. The lowest BCUT2D eigenvalue weighted by molar-refractivity contribution is -0.375. The maximum absolute atomic E-state index is 9.67. The summed E-state index contributed by atoms with van der Waals surface area (Å²) < 4.78 is 0. The lowest BCUT2D eigenvalue weighted by Crippen LogP contribution is -2.26. The van der Waals surface area contributed by atoms with Gasteiger partial charge in [-0.05, 0) is 55.4 Å². The molecule has 0 unspecified atom stereocenters. The van der Waals surface area contributed by atoms with Crippen LogP contribution in [-0.2, 0) is 25.8 Å². The first kappa shape index (κ1) is 15.5. The van der Waals surface area contributed by atoms with E-state index in [0.29, 0.717) is 6.54 Å². The summed E-state index contributed by atoms with van der Waals surface area (Å²) in [5, 5.41) is 13.1. The van der Waals surface area contributed by atoms with Crippen LogP contribution in [0.25, 0.3) is 0 Å². The molecule has 0 radical (unpaired) electrons. The molecule has 0 atom stereocenters. The Morgan fingerprint density at radius 2 is 2.09 bits per heavy atom. The number of nitriles is 1. The number of hydrogen-bond donors (Lipinski definition) is 1. The van der Waals surface area contributed by atoms with Crippen LogP contribution >= 0.6 is 0 Å². The maximum atomic E-state index is 9.67. The van der Waals surface area contributed by atoms with Gasteiger partial charge >= 0.3 is 0 Å². The fraction of sp³-hybridized carbons (Fsp3) is 0.421. The van der Waals surface area contributed by atoms with E-state index in [1.165, 1.54) is 29.7 Å². The molecule has 2 N–H and O–H groups in total. The Hall–Kier alpha value is -2.41. The number of pyridine rings is 2. The quantitative estimate of drug-likeness (QED) is 0.922. The number of H-pyrrole nitrogens is 1. The number of fused-ring (bicyclic) bond motifs is 1. The fourth-order valence-electron chi connectivity index (χ4n) is 3.35. The molecule has 0 bridgehead atoms. The molecule has 118 valence electrons. The van der Waals surface area contributed by atoms with Crippen molar-refractivity contribution in [3.05, 3.63) is 52.5 Å². The highest BCUT2D eigenvalue weighted by Crippen LogP contribution is 2.29. The predicted octanol–water partition coefficient (Wildman–Crippen LogP) is 3.21.